The van der Waals surface area contributed by atoms with Crippen LogP contribution in [0.25, 0.3) is 93.8 Å². The van der Waals surface area contributed by atoms with Gasteiger partial charge in [-0.25, -0.2) is 4.98 Å². The van der Waals surface area contributed by atoms with E-state index in [0.717, 1.165) is 28.1 Å². The maximum atomic E-state index is 5.26. The van der Waals surface area contributed by atoms with Crippen molar-refractivity contribution >= 4 is 43.4 Å². The second kappa shape index (κ2) is 11.7. The zero-order chi connectivity index (χ0) is 38.0. The van der Waals surface area contributed by atoms with Crippen LogP contribution < -0.4 is 0 Å². The third-order valence-electron chi connectivity index (χ3n) is 13.0. The lowest BCUT2D eigenvalue weighted by atomic mass is 9.68. The van der Waals surface area contributed by atoms with E-state index in [2.05, 4.69) is 211 Å². The van der Waals surface area contributed by atoms with Crippen LogP contribution in [0.1, 0.15) is 22.3 Å². The molecule has 58 heavy (non-hydrogen) atoms. The van der Waals surface area contributed by atoms with E-state index in [9.17, 15) is 0 Å². The molecule has 2 aliphatic rings. The Morgan fingerprint density at radius 1 is 0.362 bits per heavy atom. The molecule has 10 aromatic carbocycles. The van der Waals surface area contributed by atoms with E-state index < -0.39 is 5.41 Å². The summed E-state index contributed by atoms with van der Waals surface area (Å²) in [6.07, 6.45) is 0. The van der Waals surface area contributed by atoms with E-state index >= 15 is 0 Å². The molecule has 2 heteroatoms. The summed E-state index contributed by atoms with van der Waals surface area (Å²) in [6, 6.07) is 76.2. The van der Waals surface area contributed by atoms with E-state index in [1.165, 1.54) is 88.0 Å². The van der Waals surface area contributed by atoms with Gasteiger partial charge in [0.15, 0.2) is 0 Å². The molecule has 1 aromatic heterocycles. The van der Waals surface area contributed by atoms with E-state index in [0.29, 0.717) is 0 Å². The van der Waals surface area contributed by atoms with Crippen molar-refractivity contribution in [3.05, 3.63) is 229 Å². The third kappa shape index (κ3) is 4.03. The van der Waals surface area contributed by atoms with Crippen LogP contribution in [0, 0.1) is 0 Å². The Hall–Kier alpha value is -7.55. The summed E-state index contributed by atoms with van der Waals surface area (Å²) in [6.45, 7) is 0. The largest absolute Gasteiger partial charge is 0.292 e. The van der Waals surface area contributed by atoms with Gasteiger partial charge in [0.1, 0.15) is 5.82 Å². The van der Waals surface area contributed by atoms with Crippen LogP contribution in [0.4, 0.5) is 0 Å². The number of fused-ring (bicyclic) bond motifs is 18. The molecule has 0 saturated heterocycles. The number of rotatable bonds is 3. The Bertz CT molecular complexity index is 3470. The highest BCUT2D eigenvalue weighted by molar-refractivity contribution is 6.22. The minimum atomic E-state index is -0.512. The Labute approximate surface area is 335 Å². The van der Waals surface area contributed by atoms with Crippen LogP contribution in [0.2, 0.25) is 0 Å². The van der Waals surface area contributed by atoms with Gasteiger partial charge in [-0.15, -0.1) is 0 Å². The SMILES string of the molecule is c1ccc(-n2c(-c3cccc(-c4cc5c(c6ccccc46)C4(c6ccccc6-c6ccccc64)c4c-5c5ccccc5c5ccccc45)c3)nc3ccccc32)cc1. The third-order valence-corrected chi connectivity index (χ3v) is 13.0. The lowest BCUT2D eigenvalue weighted by molar-refractivity contribution is 0.809. The first-order valence-corrected chi connectivity index (χ1v) is 20.1. The van der Waals surface area contributed by atoms with Crippen molar-refractivity contribution in [2.75, 3.05) is 0 Å². The predicted octanol–water partition coefficient (Wildman–Crippen LogP) is 14.2. The maximum Gasteiger partial charge on any atom is 0.145 e. The quantitative estimate of drug-likeness (QED) is 0.165. The molecule has 13 rings (SSSR count). The van der Waals surface area contributed by atoms with Crippen molar-refractivity contribution in [2.24, 2.45) is 0 Å². The molecule has 0 saturated carbocycles. The van der Waals surface area contributed by atoms with Crippen LogP contribution in [0.3, 0.4) is 0 Å². The van der Waals surface area contributed by atoms with Gasteiger partial charge >= 0.3 is 0 Å². The van der Waals surface area contributed by atoms with Gasteiger partial charge in [-0.2, -0.15) is 0 Å². The molecule has 1 heterocycles. The van der Waals surface area contributed by atoms with Gasteiger partial charge in [0.05, 0.1) is 16.4 Å². The van der Waals surface area contributed by atoms with Crippen LogP contribution in [-0.2, 0) is 5.41 Å². The summed E-state index contributed by atoms with van der Waals surface area (Å²) in [5.41, 5.74) is 16.9. The van der Waals surface area contributed by atoms with E-state index in [1.54, 1.807) is 0 Å². The first-order chi connectivity index (χ1) is 28.8. The van der Waals surface area contributed by atoms with Crippen LogP contribution >= 0.6 is 0 Å². The Balaban J connectivity index is 1.17. The molecular formula is C56H34N2. The van der Waals surface area contributed by atoms with Crippen molar-refractivity contribution in [3.8, 4) is 50.5 Å². The number of hydrogen-bond acceptors (Lipinski definition) is 1. The molecule has 2 aliphatic carbocycles. The number of imidazole rings is 1. The fourth-order valence-corrected chi connectivity index (χ4v) is 10.8. The first-order valence-electron chi connectivity index (χ1n) is 20.1. The van der Waals surface area contributed by atoms with E-state index in [-0.39, 0.29) is 0 Å². The number of aromatic nitrogens is 2. The van der Waals surface area contributed by atoms with Crippen LogP contribution in [-0.4, -0.2) is 9.55 Å². The average Bonchev–Trinajstić information content (AvgIpc) is 3.94. The summed E-state index contributed by atoms with van der Waals surface area (Å²) in [5, 5.41) is 7.72. The Morgan fingerprint density at radius 2 is 0.914 bits per heavy atom. The second-order valence-electron chi connectivity index (χ2n) is 15.8. The molecule has 0 aliphatic heterocycles. The summed E-state index contributed by atoms with van der Waals surface area (Å²) >= 11 is 0. The minimum absolute atomic E-state index is 0.512. The lowest BCUT2D eigenvalue weighted by Crippen LogP contribution is -2.26. The normalized spacial score (nSPS) is 13.3. The summed E-state index contributed by atoms with van der Waals surface area (Å²) in [7, 11) is 0. The number of para-hydroxylation sites is 3. The van der Waals surface area contributed by atoms with Gasteiger partial charge in [0, 0.05) is 11.3 Å². The van der Waals surface area contributed by atoms with E-state index in [1.807, 2.05) is 0 Å². The first kappa shape index (κ1) is 31.6. The van der Waals surface area contributed by atoms with Gasteiger partial charge in [0.2, 0.25) is 0 Å². The van der Waals surface area contributed by atoms with Crippen LogP contribution in [0.15, 0.2) is 206 Å². The fraction of sp³-hybridized carbons (Fsp3) is 0.0179. The van der Waals surface area contributed by atoms with Gasteiger partial charge in [-0.05, 0) is 124 Å². The molecule has 11 aromatic rings. The molecule has 0 amide bonds. The second-order valence-corrected chi connectivity index (χ2v) is 15.8. The Kier molecular flexibility index (Phi) is 6.40. The summed E-state index contributed by atoms with van der Waals surface area (Å²) in [4.78, 5) is 5.26. The molecule has 1 spiro atoms. The monoisotopic (exact) mass is 734 g/mol. The number of nitrogens with zero attached hydrogens (tertiary/aromatic N) is 2. The zero-order valence-electron chi connectivity index (χ0n) is 31.5. The standard InChI is InChI=1S/C56H34N2/c1-2-19-37(20-3-1)58-51-32-15-14-31-50(51)57-55(58)36-18-16-17-35(33-36)46-34-47-52-43-26-7-4-21-38(43)39-22-5-9-28-45(39)54(52)56(53(47)44-27-8-6-23-40(44)46)48-29-12-10-24-41(48)42-25-11-13-30-49(42)56/h1-34H. The van der Waals surface area contributed by atoms with Crippen molar-refractivity contribution in [1.82, 2.24) is 9.55 Å². The molecule has 0 fully saturated rings. The highest BCUT2D eigenvalue weighted by Crippen LogP contribution is 2.67. The molecular weight excluding hydrogens is 701 g/mol. The van der Waals surface area contributed by atoms with Crippen molar-refractivity contribution in [2.45, 2.75) is 5.41 Å². The number of hydrogen-bond donors (Lipinski definition) is 0. The molecule has 0 unspecified atom stereocenters. The molecule has 268 valence electrons. The topological polar surface area (TPSA) is 17.8 Å². The zero-order valence-corrected chi connectivity index (χ0v) is 31.5. The van der Waals surface area contributed by atoms with Crippen molar-refractivity contribution in [3.63, 3.8) is 0 Å². The van der Waals surface area contributed by atoms with Gasteiger partial charge < -0.3 is 0 Å². The van der Waals surface area contributed by atoms with Gasteiger partial charge in [0.25, 0.3) is 0 Å². The van der Waals surface area contributed by atoms with Gasteiger partial charge in [-0.3, -0.25) is 4.57 Å². The lowest BCUT2D eigenvalue weighted by Gasteiger charge is -2.33. The minimum Gasteiger partial charge on any atom is -0.292 e. The number of benzene rings is 10. The molecule has 2 nitrogen and oxygen atoms in total. The molecule has 0 N–H and O–H groups in total. The average molecular weight is 735 g/mol. The summed E-state index contributed by atoms with van der Waals surface area (Å²) in [5.74, 6) is 0.931. The predicted molar refractivity (Wildman–Crippen MR) is 241 cm³/mol. The molecule has 0 atom stereocenters. The molecule has 0 bridgehead atoms. The van der Waals surface area contributed by atoms with Crippen molar-refractivity contribution < 1.29 is 0 Å². The highest BCUT2D eigenvalue weighted by atomic mass is 15.1. The maximum absolute atomic E-state index is 5.26. The van der Waals surface area contributed by atoms with Crippen molar-refractivity contribution in [1.29, 1.82) is 0 Å². The van der Waals surface area contributed by atoms with Gasteiger partial charge in [-0.1, -0.05) is 170 Å². The summed E-state index contributed by atoms with van der Waals surface area (Å²) < 4.78 is 2.29. The Morgan fingerprint density at radius 3 is 1.66 bits per heavy atom. The smallest absolute Gasteiger partial charge is 0.145 e. The molecule has 0 radical (unpaired) electrons. The van der Waals surface area contributed by atoms with E-state index in [4.69, 9.17) is 4.98 Å². The highest BCUT2D eigenvalue weighted by Gasteiger charge is 2.54. The van der Waals surface area contributed by atoms with Crippen LogP contribution in [0.5, 0.6) is 0 Å². The fourth-order valence-electron chi connectivity index (χ4n) is 10.8.